The molecule has 0 aliphatic heterocycles. The summed E-state index contributed by atoms with van der Waals surface area (Å²) in [4.78, 5) is 12.5. The Hall–Kier alpha value is -2.53. The summed E-state index contributed by atoms with van der Waals surface area (Å²) in [6.45, 7) is 0.604. The van der Waals surface area contributed by atoms with Crippen molar-refractivity contribution in [3.63, 3.8) is 0 Å². The number of carbonyl (C=O) groups excluding carboxylic acids is 1. The summed E-state index contributed by atoms with van der Waals surface area (Å²) in [6, 6.07) is 12.3. The number of nitrogens with zero attached hydrogens (tertiary/aromatic N) is 1. The molecule has 27 heavy (non-hydrogen) atoms. The summed E-state index contributed by atoms with van der Waals surface area (Å²) < 4.78 is 42.5. The summed E-state index contributed by atoms with van der Waals surface area (Å²) in [5.74, 6) is -4.73. The Morgan fingerprint density at radius 1 is 1.11 bits per heavy atom. The number of hydrogen-bond acceptors (Lipinski definition) is 1. The second kappa shape index (κ2) is 7.61. The lowest BCUT2D eigenvalue weighted by Crippen LogP contribution is -2.12. The maximum Gasteiger partial charge on any atom is 0.273 e. The summed E-state index contributed by atoms with van der Waals surface area (Å²) in [5, 5.41) is 0.522. The van der Waals surface area contributed by atoms with E-state index in [9.17, 15) is 18.0 Å². The Morgan fingerprint density at radius 2 is 1.81 bits per heavy atom. The van der Waals surface area contributed by atoms with E-state index in [1.807, 2.05) is 41.2 Å². The van der Waals surface area contributed by atoms with Crippen LogP contribution in [0.4, 0.5) is 13.2 Å². The van der Waals surface area contributed by atoms with Gasteiger partial charge in [-0.15, -0.1) is 0 Å². The first-order chi connectivity index (χ1) is 12.8. The molecule has 0 fully saturated rings. The molecule has 1 heterocycles. The first kappa shape index (κ1) is 19.2. The molecule has 0 bridgehead atoms. The third-order valence-electron chi connectivity index (χ3n) is 4.34. The Morgan fingerprint density at radius 3 is 2.48 bits per heavy atom. The Bertz CT molecular complexity index is 962. The number of alkyl halides is 2. The van der Waals surface area contributed by atoms with Gasteiger partial charge in [-0.25, -0.2) is 13.2 Å². The molecule has 0 radical (unpaired) electrons. The van der Waals surface area contributed by atoms with Gasteiger partial charge in [0.15, 0.2) is 5.78 Å². The molecule has 3 rings (SSSR count). The Kier molecular flexibility index (Phi) is 5.42. The molecule has 0 N–H and O–H groups in total. The van der Waals surface area contributed by atoms with Crippen molar-refractivity contribution in [1.82, 2.24) is 4.57 Å². The van der Waals surface area contributed by atoms with E-state index in [0.29, 0.717) is 18.4 Å². The van der Waals surface area contributed by atoms with E-state index >= 15 is 0 Å². The molecule has 0 atom stereocenters. The SMILES string of the molecule is CC(F)(F)c1cc(C(=O)CCc2c(Cl)cccc2-n2cccc2)ccc1F. The van der Waals surface area contributed by atoms with Gasteiger partial charge in [0.05, 0.1) is 5.56 Å². The van der Waals surface area contributed by atoms with Gasteiger partial charge in [0.1, 0.15) is 5.82 Å². The second-order valence-electron chi connectivity index (χ2n) is 6.33. The maximum atomic E-state index is 13.6. The highest BCUT2D eigenvalue weighted by Gasteiger charge is 2.29. The first-order valence-electron chi connectivity index (χ1n) is 8.39. The fourth-order valence-corrected chi connectivity index (χ4v) is 3.21. The second-order valence-corrected chi connectivity index (χ2v) is 6.74. The van der Waals surface area contributed by atoms with Gasteiger partial charge in [-0.3, -0.25) is 4.79 Å². The lowest BCUT2D eigenvalue weighted by atomic mass is 9.98. The van der Waals surface area contributed by atoms with Gasteiger partial charge in [-0.1, -0.05) is 17.7 Å². The van der Waals surface area contributed by atoms with Crippen LogP contribution in [0.25, 0.3) is 5.69 Å². The molecule has 0 saturated carbocycles. The van der Waals surface area contributed by atoms with E-state index in [-0.39, 0.29) is 17.8 Å². The van der Waals surface area contributed by atoms with Gasteiger partial charge in [-0.05, 0) is 54.4 Å². The van der Waals surface area contributed by atoms with Gasteiger partial charge in [0, 0.05) is 42.0 Å². The van der Waals surface area contributed by atoms with Crippen molar-refractivity contribution in [3.05, 3.63) is 88.5 Å². The van der Waals surface area contributed by atoms with Crippen molar-refractivity contribution in [1.29, 1.82) is 0 Å². The largest absolute Gasteiger partial charge is 0.324 e. The standard InChI is InChI=1S/C21H17ClF3NO/c1-21(24,25)16-13-14(7-9-18(16)23)20(27)10-8-15-17(22)5-4-6-19(15)26-11-2-3-12-26/h2-7,9,11-13H,8,10H2,1H3. The minimum Gasteiger partial charge on any atom is -0.324 e. The van der Waals surface area contributed by atoms with Crippen molar-refractivity contribution >= 4 is 17.4 Å². The van der Waals surface area contributed by atoms with Crippen molar-refractivity contribution in [2.45, 2.75) is 25.7 Å². The summed E-state index contributed by atoms with van der Waals surface area (Å²) in [6.07, 6.45) is 4.14. The van der Waals surface area contributed by atoms with Crippen molar-refractivity contribution < 1.29 is 18.0 Å². The number of rotatable bonds is 6. The first-order valence-corrected chi connectivity index (χ1v) is 8.77. The zero-order chi connectivity index (χ0) is 19.6. The molecule has 0 amide bonds. The minimum absolute atomic E-state index is 0.0579. The van der Waals surface area contributed by atoms with Crippen LogP contribution in [0.5, 0.6) is 0 Å². The van der Waals surface area contributed by atoms with E-state index < -0.39 is 17.3 Å². The van der Waals surface area contributed by atoms with Crippen molar-refractivity contribution in [3.8, 4) is 5.69 Å². The highest BCUT2D eigenvalue weighted by Crippen LogP contribution is 2.31. The molecule has 6 heteroatoms. The predicted molar refractivity (Wildman–Crippen MR) is 99.4 cm³/mol. The lowest BCUT2D eigenvalue weighted by molar-refractivity contribution is 0.0137. The molecular formula is C21H17ClF3NO. The molecule has 140 valence electrons. The van der Waals surface area contributed by atoms with Gasteiger partial charge < -0.3 is 4.57 Å². The number of hydrogen-bond donors (Lipinski definition) is 0. The van der Waals surface area contributed by atoms with Crippen LogP contribution in [-0.4, -0.2) is 10.4 Å². The van der Waals surface area contributed by atoms with Crippen LogP contribution < -0.4 is 0 Å². The molecule has 0 aliphatic rings. The van der Waals surface area contributed by atoms with Crippen molar-refractivity contribution in [2.24, 2.45) is 0 Å². The Labute approximate surface area is 160 Å². The number of ketones is 1. The van der Waals surface area contributed by atoms with E-state index in [0.717, 1.165) is 23.4 Å². The molecule has 0 saturated heterocycles. The van der Waals surface area contributed by atoms with Crippen LogP contribution in [0.15, 0.2) is 60.9 Å². The molecular weight excluding hydrogens is 375 g/mol. The van der Waals surface area contributed by atoms with E-state index in [2.05, 4.69) is 0 Å². The number of aromatic nitrogens is 1. The normalized spacial score (nSPS) is 11.6. The number of benzene rings is 2. The van der Waals surface area contributed by atoms with Crippen LogP contribution in [0, 0.1) is 5.82 Å². The molecule has 0 aliphatic carbocycles. The van der Waals surface area contributed by atoms with Crippen LogP contribution >= 0.6 is 11.6 Å². The molecule has 0 spiro atoms. The zero-order valence-corrected chi connectivity index (χ0v) is 15.3. The molecule has 1 aromatic heterocycles. The summed E-state index contributed by atoms with van der Waals surface area (Å²) in [5.41, 5.74) is 0.911. The maximum absolute atomic E-state index is 13.6. The van der Waals surface area contributed by atoms with Crippen LogP contribution in [0.2, 0.25) is 5.02 Å². The van der Waals surface area contributed by atoms with Gasteiger partial charge in [-0.2, -0.15) is 0 Å². The topological polar surface area (TPSA) is 22.0 Å². The average molecular weight is 392 g/mol. The highest BCUT2D eigenvalue weighted by molar-refractivity contribution is 6.31. The third-order valence-corrected chi connectivity index (χ3v) is 4.69. The van der Waals surface area contributed by atoms with E-state index in [1.165, 1.54) is 6.07 Å². The summed E-state index contributed by atoms with van der Waals surface area (Å²) in [7, 11) is 0. The summed E-state index contributed by atoms with van der Waals surface area (Å²) >= 11 is 6.31. The Balaban J connectivity index is 1.83. The van der Waals surface area contributed by atoms with Gasteiger partial charge in [0.2, 0.25) is 0 Å². The fraction of sp³-hybridized carbons (Fsp3) is 0.190. The molecule has 0 unspecified atom stereocenters. The van der Waals surface area contributed by atoms with Gasteiger partial charge >= 0.3 is 0 Å². The lowest BCUT2D eigenvalue weighted by Gasteiger charge is -2.14. The molecule has 2 nitrogen and oxygen atoms in total. The minimum atomic E-state index is -3.36. The molecule has 3 aromatic rings. The van der Waals surface area contributed by atoms with Crippen molar-refractivity contribution in [2.75, 3.05) is 0 Å². The van der Waals surface area contributed by atoms with Gasteiger partial charge in [0.25, 0.3) is 5.92 Å². The number of halogens is 4. The molecule has 2 aromatic carbocycles. The van der Waals surface area contributed by atoms with Crippen LogP contribution in [0.1, 0.15) is 34.8 Å². The predicted octanol–water partition coefficient (Wildman–Crippen LogP) is 6.20. The van der Waals surface area contributed by atoms with Crippen LogP contribution in [-0.2, 0) is 12.3 Å². The van der Waals surface area contributed by atoms with E-state index in [1.54, 1.807) is 6.07 Å². The number of Topliss-reactive ketones (excluding diaryl/α,β-unsaturated/α-hetero) is 1. The average Bonchev–Trinajstić information content (AvgIpc) is 3.14. The smallest absolute Gasteiger partial charge is 0.273 e. The quantitative estimate of drug-likeness (QED) is 0.459. The van der Waals surface area contributed by atoms with E-state index in [4.69, 9.17) is 11.6 Å². The fourth-order valence-electron chi connectivity index (χ4n) is 2.95. The third kappa shape index (κ3) is 4.25. The highest BCUT2D eigenvalue weighted by atomic mass is 35.5. The number of carbonyl (C=O) groups is 1. The van der Waals surface area contributed by atoms with Crippen LogP contribution in [0.3, 0.4) is 0 Å². The zero-order valence-electron chi connectivity index (χ0n) is 14.6. The monoisotopic (exact) mass is 391 g/mol.